The predicted molar refractivity (Wildman–Crippen MR) is 204 cm³/mol. The third-order valence-corrected chi connectivity index (χ3v) is 9.13. The number of hydroxylamine groups is 2. The van der Waals surface area contributed by atoms with Gasteiger partial charge in [0.25, 0.3) is 5.69 Å². The van der Waals surface area contributed by atoms with Gasteiger partial charge in [-0.1, -0.05) is 86.1 Å². The van der Waals surface area contributed by atoms with E-state index in [1.54, 1.807) is 74.5 Å². The molecule has 17 heteroatoms. The van der Waals surface area contributed by atoms with Crippen LogP contribution in [0.4, 0.5) is 16.2 Å². The molecule has 1 fully saturated rings. The normalized spacial score (nSPS) is 16.6. The summed E-state index contributed by atoms with van der Waals surface area (Å²) in [5, 5.41) is 36.1. The first kappa shape index (κ1) is 42.2. The Hall–Kier alpha value is -5.58. The topological polar surface area (TPSA) is 221 Å². The largest absolute Gasteiger partial charge is 0.391 e. The Labute approximate surface area is 323 Å². The van der Waals surface area contributed by atoms with Crippen LogP contribution in [0, 0.1) is 16.0 Å². The minimum absolute atomic E-state index is 0.00684. The van der Waals surface area contributed by atoms with Gasteiger partial charge in [-0.25, -0.2) is 9.86 Å². The second-order valence-electron chi connectivity index (χ2n) is 13.6. The molecule has 16 nitrogen and oxygen atoms in total. The standard InChI is InChI=1S/C38H46ClN7O9/c1-22(2)32(44-38(52)45-18-17-23(3)55-45)36(50)41-31(20-26-13-9-6-10-14-26)35(49)43-33(24(4)47)37(51)42-30(19-25-11-7-5-8-12-25)34(48)40-29-16-15-27(46(53)54)21-28(29)39/h5-16,21-24,30-33,47H,17-20H2,1-4H3,(H,40,48)(H,41,50)(H,42,51)(H,43,49)(H,44,52)/t23?,24?,30-,31-,32-,33-/m0/s1. The van der Waals surface area contributed by atoms with Crippen molar-refractivity contribution in [2.45, 2.75) is 83.3 Å². The molecule has 1 heterocycles. The molecule has 6 amide bonds. The van der Waals surface area contributed by atoms with Crippen molar-refractivity contribution in [2.24, 2.45) is 5.92 Å². The van der Waals surface area contributed by atoms with Gasteiger partial charge in [0.2, 0.25) is 23.6 Å². The van der Waals surface area contributed by atoms with Gasteiger partial charge in [-0.15, -0.1) is 0 Å². The first-order chi connectivity index (χ1) is 26.1. The average molecular weight is 780 g/mol. The molecule has 6 N–H and O–H groups in total. The number of nitrogens with one attached hydrogen (secondary N) is 5. The van der Waals surface area contributed by atoms with E-state index in [2.05, 4.69) is 26.6 Å². The van der Waals surface area contributed by atoms with Crippen LogP contribution in [0.15, 0.2) is 78.9 Å². The van der Waals surface area contributed by atoms with E-state index >= 15 is 0 Å². The Morgan fingerprint density at radius 2 is 1.36 bits per heavy atom. The number of carbonyl (C=O) groups excluding carboxylic acids is 5. The number of nitro groups is 1. The second kappa shape index (κ2) is 19.7. The highest BCUT2D eigenvalue weighted by Crippen LogP contribution is 2.27. The van der Waals surface area contributed by atoms with Gasteiger partial charge in [0.1, 0.15) is 24.2 Å². The lowest BCUT2D eigenvalue weighted by Crippen LogP contribution is -2.61. The van der Waals surface area contributed by atoms with Crippen molar-refractivity contribution in [3.8, 4) is 0 Å². The third kappa shape index (κ3) is 12.2. The fourth-order valence-electron chi connectivity index (χ4n) is 5.75. The van der Waals surface area contributed by atoms with Crippen molar-refractivity contribution < 1.29 is 38.8 Å². The molecule has 1 aliphatic rings. The highest BCUT2D eigenvalue weighted by molar-refractivity contribution is 6.34. The Morgan fingerprint density at radius 3 is 1.84 bits per heavy atom. The van der Waals surface area contributed by atoms with Crippen molar-refractivity contribution in [3.05, 3.63) is 105 Å². The number of carbonyl (C=O) groups is 5. The van der Waals surface area contributed by atoms with Gasteiger partial charge in [-0.3, -0.25) is 34.1 Å². The van der Waals surface area contributed by atoms with E-state index in [9.17, 15) is 39.2 Å². The summed E-state index contributed by atoms with van der Waals surface area (Å²) in [7, 11) is 0. The number of aliphatic hydroxyl groups excluding tert-OH is 1. The lowest BCUT2D eigenvalue weighted by atomic mass is 10.0. The molecule has 3 aromatic carbocycles. The molecule has 1 saturated heterocycles. The molecule has 0 aliphatic carbocycles. The summed E-state index contributed by atoms with van der Waals surface area (Å²) < 4.78 is 0. The fraction of sp³-hybridized carbons (Fsp3) is 0.395. The molecule has 0 radical (unpaired) electrons. The molecule has 4 rings (SSSR count). The van der Waals surface area contributed by atoms with Crippen LogP contribution in [0.3, 0.4) is 0 Å². The summed E-state index contributed by atoms with van der Waals surface area (Å²) in [5.41, 5.74) is 1.11. The SMILES string of the molecule is CC1CCN(C(=O)N[C@H](C(=O)N[C@@H](Cc2ccccc2)C(=O)N[C@H](C(=O)N[C@@H](Cc2ccccc2)C(=O)Nc2ccc([N+](=O)[O-])cc2Cl)C(C)O)C(C)C)O1. The molecular weight excluding hydrogens is 734 g/mol. The number of hydrogen-bond acceptors (Lipinski definition) is 9. The number of urea groups is 1. The Morgan fingerprint density at radius 1 is 0.818 bits per heavy atom. The summed E-state index contributed by atoms with van der Waals surface area (Å²) in [6, 6.07) is 15.3. The maximum atomic E-state index is 14.0. The Kier molecular flexibility index (Phi) is 15.1. The second-order valence-corrected chi connectivity index (χ2v) is 14.0. The van der Waals surface area contributed by atoms with E-state index in [0.29, 0.717) is 24.1 Å². The number of aliphatic hydroxyl groups is 1. The van der Waals surface area contributed by atoms with Crippen LogP contribution in [-0.4, -0.2) is 87.7 Å². The number of hydrogen-bond donors (Lipinski definition) is 6. The fourth-order valence-corrected chi connectivity index (χ4v) is 5.97. The molecule has 0 spiro atoms. The zero-order valence-corrected chi connectivity index (χ0v) is 31.6. The molecule has 3 aromatic rings. The Balaban J connectivity index is 1.54. The van der Waals surface area contributed by atoms with Crippen molar-refractivity contribution in [2.75, 3.05) is 11.9 Å². The highest BCUT2D eigenvalue weighted by atomic mass is 35.5. The maximum absolute atomic E-state index is 14.0. The maximum Gasteiger partial charge on any atom is 0.341 e. The monoisotopic (exact) mass is 779 g/mol. The number of non-ortho nitro benzene ring substituents is 1. The van der Waals surface area contributed by atoms with Crippen molar-refractivity contribution in [1.29, 1.82) is 0 Å². The highest BCUT2D eigenvalue weighted by Gasteiger charge is 2.35. The minimum Gasteiger partial charge on any atom is -0.391 e. The van der Waals surface area contributed by atoms with E-state index in [4.69, 9.17) is 16.4 Å². The summed E-state index contributed by atoms with van der Waals surface area (Å²) in [5.74, 6) is -3.51. The van der Waals surface area contributed by atoms with E-state index in [1.165, 1.54) is 13.0 Å². The van der Waals surface area contributed by atoms with Gasteiger partial charge < -0.3 is 31.7 Å². The van der Waals surface area contributed by atoms with Crippen LogP contribution >= 0.6 is 11.6 Å². The van der Waals surface area contributed by atoms with Crippen molar-refractivity contribution >= 4 is 52.6 Å². The minimum atomic E-state index is -1.59. The lowest BCUT2D eigenvalue weighted by molar-refractivity contribution is -0.384. The quantitative estimate of drug-likeness (QED) is 0.0927. The number of amides is 6. The Bertz CT molecular complexity index is 1830. The summed E-state index contributed by atoms with van der Waals surface area (Å²) in [4.78, 5) is 84.0. The summed E-state index contributed by atoms with van der Waals surface area (Å²) in [6.07, 6.45) is -1.01. The molecular formula is C38H46ClN7O9. The first-order valence-corrected chi connectivity index (χ1v) is 18.2. The van der Waals surface area contributed by atoms with Gasteiger partial charge in [-0.2, -0.15) is 0 Å². The van der Waals surface area contributed by atoms with Gasteiger partial charge in [-0.05, 0) is 43.4 Å². The van der Waals surface area contributed by atoms with Gasteiger partial charge >= 0.3 is 6.03 Å². The van der Waals surface area contributed by atoms with Crippen LogP contribution in [0.25, 0.3) is 0 Å². The first-order valence-electron chi connectivity index (χ1n) is 17.8. The van der Waals surface area contributed by atoms with E-state index < -0.39 is 70.8 Å². The zero-order chi connectivity index (χ0) is 40.2. The average Bonchev–Trinajstić information content (AvgIpc) is 3.59. The van der Waals surface area contributed by atoms with E-state index in [1.807, 2.05) is 6.92 Å². The molecule has 2 unspecified atom stereocenters. The molecule has 6 atom stereocenters. The van der Waals surface area contributed by atoms with Gasteiger partial charge in [0, 0.05) is 25.0 Å². The molecule has 1 aliphatic heterocycles. The number of nitrogens with zero attached hydrogens (tertiary/aromatic N) is 2. The summed E-state index contributed by atoms with van der Waals surface area (Å²) >= 11 is 6.21. The number of benzene rings is 3. The lowest BCUT2D eigenvalue weighted by Gasteiger charge is -2.29. The smallest absolute Gasteiger partial charge is 0.341 e. The van der Waals surface area contributed by atoms with Crippen LogP contribution in [-0.2, 0) is 36.9 Å². The van der Waals surface area contributed by atoms with E-state index in [-0.39, 0.29) is 35.3 Å². The van der Waals surface area contributed by atoms with Crippen molar-refractivity contribution in [1.82, 2.24) is 26.3 Å². The van der Waals surface area contributed by atoms with E-state index in [0.717, 1.165) is 17.2 Å². The molecule has 0 saturated carbocycles. The number of anilines is 1. The molecule has 294 valence electrons. The molecule has 0 aromatic heterocycles. The van der Waals surface area contributed by atoms with Crippen LogP contribution < -0.4 is 26.6 Å². The summed E-state index contributed by atoms with van der Waals surface area (Å²) in [6.45, 7) is 6.92. The van der Waals surface area contributed by atoms with Gasteiger partial charge in [0.15, 0.2) is 0 Å². The molecule has 55 heavy (non-hydrogen) atoms. The predicted octanol–water partition coefficient (Wildman–Crippen LogP) is 3.27. The van der Waals surface area contributed by atoms with Crippen LogP contribution in [0.5, 0.6) is 0 Å². The number of nitro benzene ring substituents is 1. The van der Waals surface area contributed by atoms with Crippen molar-refractivity contribution in [3.63, 3.8) is 0 Å². The van der Waals surface area contributed by atoms with Gasteiger partial charge in [0.05, 0.1) is 34.4 Å². The molecule has 0 bridgehead atoms. The van der Waals surface area contributed by atoms with Crippen LogP contribution in [0.1, 0.15) is 45.2 Å². The van der Waals surface area contributed by atoms with Crippen LogP contribution in [0.2, 0.25) is 5.02 Å². The number of halogens is 1. The number of rotatable bonds is 16. The third-order valence-electron chi connectivity index (χ3n) is 8.82. The zero-order valence-electron chi connectivity index (χ0n) is 30.9.